The molecule has 2 rings (SSSR count). The van der Waals surface area contributed by atoms with Crippen LogP contribution in [0.1, 0.15) is 22.0 Å². The molecule has 6 heteroatoms. The van der Waals surface area contributed by atoms with E-state index in [1.54, 1.807) is 42.5 Å². The van der Waals surface area contributed by atoms with Gasteiger partial charge in [0.15, 0.2) is 6.04 Å². The van der Waals surface area contributed by atoms with Crippen molar-refractivity contribution in [3.05, 3.63) is 69.2 Å². The van der Waals surface area contributed by atoms with Crippen LogP contribution in [0.2, 0.25) is 5.02 Å². The minimum absolute atomic E-state index is 0.216. The summed E-state index contributed by atoms with van der Waals surface area (Å²) in [4.78, 5) is 23.6. The van der Waals surface area contributed by atoms with E-state index in [1.807, 2.05) is 0 Å². The van der Waals surface area contributed by atoms with Gasteiger partial charge in [0.1, 0.15) is 0 Å². The second-order valence-electron chi connectivity index (χ2n) is 4.26. The Morgan fingerprint density at radius 3 is 2.38 bits per heavy atom. The highest BCUT2D eigenvalue weighted by atomic mass is 79.9. The Balaban J connectivity index is 2.28. The van der Waals surface area contributed by atoms with Crippen LogP contribution in [0.4, 0.5) is 0 Å². The van der Waals surface area contributed by atoms with Crippen LogP contribution in [0.25, 0.3) is 0 Å². The predicted octanol–water partition coefficient (Wildman–Crippen LogP) is 3.66. The first kappa shape index (κ1) is 15.5. The zero-order valence-corrected chi connectivity index (χ0v) is 13.1. The average Bonchev–Trinajstić information content (AvgIpc) is 2.48. The average molecular weight is 369 g/mol. The van der Waals surface area contributed by atoms with E-state index in [1.165, 1.54) is 6.07 Å². The first-order chi connectivity index (χ1) is 10.0. The van der Waals surface area contributed by atoms with Gasteiger partial charge in [0, 0.05) is 4.47 Å². The van der Waals surface area contributed by atoms with Crippen LogP contribution < -0.4 is 5.32 Å². The number of rotatable bonds is 4. The SMILES string of the molecule is O=C(NC(C(=O)O)c1ccccc1)c1cccc(Br)c1Cl. The molecule has 0 saturated carbocycles. The maximum absolute atomic E-state index is 12.2. The number of carbonyl (C=O) groups excluding carboxylic acids is 1. The minimum atomic E-state index is -1.14. The van der Waals surface area contributed by atoms with Crippen LogP contribution in [0, 0.1) is 0 Å². The molecule has 1 unspecified atom stereocenters. The summed E-state index contributed by atoms with van der Waals surface area (Å²) < 4.78 is 0.573. The molecular weight excluding hydrogens is 358 g/mol. The molecule has 0 aliphatic rings. The lowest BCUT2D eigenvalue weighted by Gasteiger charge is -2.15. The summed E-state index contributed by atoms with van der Waals surface area (Å²) in [5, 5.41) is 12.0. The van der Waals surface area contributed by atoms with Crippen molar-refractivity contribution in [1.82, 2.24) is 5.32 Å². The molecular formula is C15H11BrClNO3. The van der Waals surface area contributed by atoms with Crippen molar-refractivity contribution in [2.75, 3.05) is 0 Å². The Morgan fingerprint density at radius 2 is 1.76 bits per heavy atom. The molecule has 1 amide bonds. The maximum Gasteiger partial charge on any atom is 0.330 e. The summed E-state index contributed by atoms with van der Waals surface area (Å²) in [5.74, 6) is -1.68. The molecule has 2 aromatic rings. The summed E-state index contributed by atoms with van der Waals surface area (Å²) in [6, 6.07) is 12.2. The van der Waals surface area contributed by atoms with Gasteiger partial charge in [0.2, 0.25) is 0 Å². The maximum atomic E-state index is 12.2. The molecule has 0 aliphatic heterocycles. The van der Waals surface area contributed by atoms with Crippen molar-refractivity contribution >= 4 is 39.4 Å². The standard InChI is InChI=1S/C15H11BrClNO3/c16-11-8-4-7-10(12(11)17)14(19)18-13(15(20)21)9-5-2-1-3-6-9/h1-8,13H,(H,18,19)(H,20,21). The van der Waals surface area contributed by atoms with Crippen LogP contribution in [0.15, 0.2) is 53.0 Å². The number of carbonyl (C=O) groups is 2. The number of hydrogen-bond donors (Lipinski definition) is 2. The van der Waals surface area contributed by atoms with Crippen molar-refractivity contribution in [3.63, 3.8) is 0 Å². The van der Waals surface area contributed by atoms with Crippen LogP contribution in [-0.2, 0) is 4.79 Å². The Bertz CT molecular complexity index is 676. The lowest BCUT2D eigenvalue weighted by atomic mass is 10.1. The number of benzene rings is 2. The van der Waals surface area contributed by atoms with Gasteiger partial charge in [-0.1, -0.05) is 48.0 Å². The van der Waals surface area contributed by atoms with Gasteiger partial charge in [-0.2, -0.15) is 0 Å². The number of aliphatic carboxylic acids is 1. The van der Waals surface area contributed by atoms with E-state index in [9.17, 15) is 14.7 Å². The minimum Gasteiger partial charge on any atom is -0.479 e. The number of hydrogen-bond acceptors (Lipinski definition) is 2. The number of nitrogens with one attached hydrogen (secondary N) is 1. The van der Waals surface area contributed by atoms with Crippen LogP contribution >= 0.6 is 27.5 Å². The van der Waals surface area contributed by atoms with E-state index in [0.717, 1.165) is 0 Å². The number of carboxylic acids is 1. The lowest BCUT2D eigenvalue weighted by Crippen LogP contribution is -2.33. The van der Waals surface area contributed by atoms with E-state index in [-0.39, 0.29) is 10.6 Å². The van der Waals surface area contributed by atoms with Gasteiger partial charge in [-0.25, -0.2) is 4.79 Å². The molecule has 0 radical (unpaired) electrons. The van der Waals surface area contributed by atoms with Crippen molar-refractivity contribution < 1.29 is 14.7 Å². The summed E-state index contributed by atoms with van der Waals surface area (Å²) in [7, 11) is 0. The molecule has 0 aromatic heterocycles. The molecule has 4 nitrogen and oxygen atoms in total. The normalized spacial score (nSPS) is 11.7. The third-order valence-electron chi connectivity index (χ3n) is 2.85. The van der Waals surface area contributed by atoms with Gasteiger partial charge >= 0.3 is 5.97 Å². The van der Waals surface area contributed by atoms with Crippen LogP contribution in [0.5, 0.6) is 0 Å². The first-order valence-electron chi connectivity index (χ1n) is 6.03. The molecule has 0 saturated heterocycles. The quantitative estimate of drug-likeness (QED) is 0.865. The van der Waals surface area contributed by atoms with Crippen molar-refractivity contribution in [1.29, 1.82) is 0 Å². The molecule has 108 valence electrons. The Labute approximate surface area is 134 Å². The molecule has 21 heavy (non-hydrogen) atoms. The van der Waals surface area contributed by atoms with Gasteiger partial charge in [-0.05, 0) is 33.6 Å². The van der Waals surface area contributed by atoms with E-state index in [2.05, 4.69) is 21.2 Å². The lowest BCUT2D eigenvalue weighted by molar-refractivity contribution is -0.139. The van der Waals surface area contributed by atoms with Crippen molar-refractivity contribution in [3.8, 4) is 0 Å². The van der Waals surface area contributed by atoms with Crippen molar-refractivity contribution in [2.45, 2.75) is 6.04 Å². The predicted molar refractivity (Wildman–Crippen MR) is 83.4 cm³/mol. The smallest absolute Gasteiger partial charge is 0.330 e. The molecule has 0 aliphatic carbocycles. The van der Waals surface area contributed by atoms with Gasteiger partial charge in [-0.3, -0.25) is 4.79 Å². The van der Waals surface area contributed by atoms with E-state index in [4.69, 9.17) is 11.6 Å². The van der Waals surface area contributed by atoms with Crippen molar-refractivity contribution in [2.24, 2.45) is 0 Å². The largest absolute Gasteiger partial charge is 0.479 e. The van der Waals surface area contributed by atoms with Gasteiger partial charge in [0.05, 0.1) is 10.6 Å². The van der Waals surface area contributed by atoms with Gasteiger partial charge in [0.25, 0.3) is 5.91 Å². The summed E-state index contributed by atoms with van der Waals surface area (Å²) in [6.07, 6.45) is 0. The van der Waals surface area contributed by atoms with Crippen LogP contribution in [0.3, 0.4) is 0 Å². The van der Waals surface area contributed by atoms with Gasteiger partial charge < -0.3 is 10.4 Å². The van der Waals surface area contributed by atoms with E-state index < -0.39 is 17.9 Å². The number of amides is 1. The monoisotopic (exact) mass is 367 g/mol. The highest BCUT2D eigenvalue weighted by molar-refractivity contribution is 9.10. The second-order valence-corrected chi connectivity index (χ2v) is 5.49. The molecule has 0 bridgehead atoms. The molecule has 2 aromatic carbocycles. The third-order valence-corrected chi connectivity index (χ3v) is 4.15. The summed E-state index contributed by atoms with van der Waals surface area (Å²) in [5.41, 5.74) is 0.706. The number of carboxylic acid groups (broad SMARTS) is 1. The molecule has 0 heterocycles. The highest BCUT2D eigenvalue weighted by Crippen LogP contribution is 2.26. The summed E-state index contributed by atoms with van der Waals surface area (Å²) in [6.45, 7) is 0. The zero-order chi connectivity index (χ0) is 15.4. The molecule has 0 spiro atoms. The second kappa shape index (κ2) is 6.74. The fraction of sp³-hybridized carbons (Fsp3) is 0.0667. The zero-order valence-electron chi connectivity index (χ0n) is 10.7. The molecule has 0 fully saturated rings. The first-order valence-corrected chi connectivity index (χ1v) is 7.20. The fourth-order valence-corrected chi connectivity index (χ4v) is 2.40. The molecule has 1 atom stereocenters. The Kier molecular flexibility index (Phi) is 4.98. The third kappa shape index (κ3) is 3.62. The Morgan fingerprint density at radius 1 is 1.10 bits per heavy atom. The highest BCUT2D eigenvalue weighted by Gasteiger charge is 2.23. The number of halogens is 2. The Hall–Kier alpha value is -1.85. The van der Waals surface area contributed by atoms with Gasteiger partial charge in [-0.15, -0.1) is 0 Å². The fourth-order valence-electron chi connectivity index (χ4n) is 1.82. The topological polar surface area (TPSA) is 66.4 Å². The van der Waals surface area contributed by atoms with E-state index >= 15 is 0 Å². The summed E-state index contributed by atoms with van der Waals surface area (Å²) >= 11 is 9.27. The molecule has 2 N–H and O–H groups in total. The van der Waals surface area contributed by atoms with Crippen LogP contribution in [-0.4, -0.2) is 17.0 Å². The van der Waals surface area contributed by atoms with E-state index in [0.29, 0.717) is 10.0 Å².